The fourth-order valence-corrected chi connectivity index (χ4v) is 1.92. The summed E-state index contributed by atoms with van der Waals surface area (Å²) in [4.78, 5) is 11.8. The van der Waals surface area contributed by atoms with Crippen molar-refractivity contribution < 1.29 is 14.2 Å². The molecule has 5 nitrogen and oxygen atoms in total. The van der Waals surface area contributed by atoms with E-state index in [0.717, 1.165) is 18.6 Å². The molecule has 0 radical (unpaired) electrons. The Kier molecular flexibility index (Phi) is 9.79. The number of ether oxygens (including phenoxy) is 3. The molecule has 0 aliphatic carbocycles. The smallest absolute Gasteiger partial charge is 0.250 e. The van der Waals surface area contributed by atoms with Gasteiger partial charge in [0, 0.05) is 25.4 Å². The second-order valence-electron chi connectivity index (χ2n) is 5.49. The van der Waals surface area contributed by atoms with Crippen molar-refractivity contribution in [3.8, 4) is 0 Å². The molecular weight excluding hydrogens is 282 g/mol. The monoisotopic (exact) mass is 311 g/mol. The van der Waals surface area contributed by atoms with Crippen molar-refractivity contribution >= 4 is 0 Å². The average molecular weight is 311 g/mol. The van der Waals surface area contributed by atoms with E-state index in [1.165, 1.54) is 0 Å². The Morgan fingerprint density at radius 3 is 2.14 bits per heavy atom. The quantitative estimate of drug-likeness (QED) is 0.556. The van der Waals surface area contributed by atoms with Crippen LogP contribution >= 0.6 is 0 Å². The molecule has 126 valence electrons. The average Bonchev–Trinajstić information content (AvgIpc) is 2.50. The van der Waals surface area contributed by atoms with Gasteiger partial charge in [-0.1, -0.05) is 26.8 Å². The second-order valence-corrected chi connectivity index (χ2v) is 5.49. The van der Waals surface area contributed by atoms with Gasteiger partial charge in [0.1, 0.15) is 0 Å². The number of rotatable bonds is 12. The first-order valence-corrected chi connectivity index (χ1v) is 8.08. The molecule has 1 heterocycles. The molecule has 0 bridgehead atoms. The zero-order chi connectivity index (χ0) is 16.2. The summed E-state index contributed by atoms with van der Waals surface area (Å²) in [6, 6.07) is 3.51. The number of hydrogen-bond donors (Lipinski definition) is 0. The second kappa shape index (κ2) is 11.4. The summed E-state index contributed by atoms with van der Waals surface area (Å²) in [5.41, 5.74) is 1.17. The Labute approximate surface area is 133 Å². The van der Waals surface area contributed by atoms with Crippen LogP contribution in [0.5, 0.6) is 0 Å². The molecule has 5 heteroatoms. The summed E-state index contributed by atoms with van der Waals surface area (Å²) in [6.07, 6.45) is 2.94. The minimum absolute atomic E-state index is 0.0114. The Morgan fingerprint density at radius 1 is 0.955 bits per heavy atom. The number of pyridine rings is 1. The molecule has 1 aromatic heterocycles. The van der Waals surface area contributed by atoms with Crippen LogP contribution in [0.3, 0.4) is 0 Å². The van der Waals surface area contributed by atoms with Crippen molar-refractivity contribution in [3.05, 3.63) is 34.2 Å². The molecule has 0 saturated heterocycles. The van der Waals surface area contributed by atoms with Crippen molar-refractivity contribution in [2.75, 3.05) is 39.6 Å². The summed E-state index contributed by atoms with van der Waals surface area (Å²) in [5, 5.41) is 0. The van der Waals surface area contributed by atoms with Crippen LogP contribution in [-0.4, -0.2) is 44.2 Å². The molecule has 0 aromatic carbocycles. The van der Waals surface area contributed by atoms with Gasteiger partial charge >= 0.3 is 0 Å². The van der Waals surface area contributed by atoms with Gasteiger partial charge in [-0.25, -0.2) is 0 Å². The van der Waals surface area contributed by atoms with Gasteiger partial charge in [-0.05, 0) is 17.9 Å². The van der Waals surface area contributed by atoms with E-state index in [2.05, 4.69) is 20.8 Å². The Bertz CT molecular complexity index is 456. The third kappa shape index (κ3) is 7.73. The third-order valence-corrected chi connectivity index (χ3v) is 3.24. The molecule has 22 heavy (non-hydrogen) atoms. The van der Waals surface area contributed by atoms with Crippen molar-refractivity contribution in [1.82, 2.24) is 4.57 Å². The van der Waals surface area contributed by atoms with Crippen molar-refractivity contribution in [2.24, 2.45) is 0 Å². The minimum atomic E-state index is 0.0114. The van der Waals surface area contributed by atoms with E-state index in [0.29, 0.717) is 45.5 Å². The summed E-state index contributed by atoms with van der Waals surface area (Å²) in [6.45, 7) is 10.5. The largest absolute Gasteiger partial charge is 0.379 e. The molecule has 0 unspecified atom stereocenters. The molecule has 0 saturated carbocycles. The molecule has 0 aliphatic rings. The highest BCUT2D eigenvalue weighted by Gasteiger charge is 2.02. The predicted octanol–water partition coefficient (Wildman–Crippen LogP) is 2.43. The minimum Gasteiger partial charge on any atom is -0.379 e. The zero-order valence-corrected chi connectivity index (χ0v) is 14.0. The van der Waals surface area contributed by atoms with Gasteiger partial charge in [0.15, 0.2) is 0 Å². The lowest BCUT2D eigenvalue weighted by Crippen LogP contribution is -2.22. The standard InChI is InChI=1S/C17H29NO4/c1-4-8-20-10-12-22-13-11-21-9-7-18-14-16(15(2)3)5-6-17(18)19/h5-6,14-15H,4,7-13H2,1-3H3. The van der Waals surface area contributed by atoms with Crippen LogP contribution in [0.2, 0.25) is 0 Å². The number of nitrogens with zero attached hydrogens (tertiary/aromatic N) is 1. The van der Waals surface area contributed by atoms with E-state index in [1.807, 2.05) is 12.3 Å². The first kappa shape index (κ1) is 18.9. The van der Waals surface area contributed by atoms with Gasteiger partial charge in [0.2, 0.25) is 0 Å². The van der Waals surface area contributed by atoms with Crippen LogP contribution < -0.4 is 5.56 Å². The third-order valence-electron chi connectivity index (χ3n) is 3.24. The Hall–Kier alpha value is -1.17. The van der Waals surface area contributed by atoms with Gasteiger partial charge in [-0.3, -0.25) is 4.79 Å². The zero-order valence-electron chi connectivity index (χ0n) is 14.0. The normalized spacial score (nSPS) is 11.3. The summed E-state index contributed by atoms with van der Waals surface area (Å²) in [7, 11) is 0. The predicted molar refractivity (Wildman–Crippen MR) is 87.5 cm³/mol. The first-order valence-electron chi connectivity index (χ1n) is 8.08. The van der Waals surface area contributed by atoms with E-state index in [9.17, 15) is 4.79 Å². The first-order chi connectivity index (χ1) is 10.6. The maximum atomic E-state index is 11.8. The fraction of sp³-hybridized carbons (Fsp3) is 0.706. The van der Waals surface area contributed by atoms with E-state index in [1.54, 1.807) is 10.6 Å². The summed E-state index contributed by atoms with van der Waals surface area (Å²) < 4.78 is 17.9. The van der Waals surface area contributed by atoms with E-state index >= 15 is 0 Å². The van der Waals surface area contributed by atoms with E-state index in [4.69, 9.17) is 14.2 Å². The van der Waals surface area contributed by atoms with Gasteiger partial charge in [0.05, 0.1) is 33.0 Å². The maximum Gasteiger partial charge on any atom is 0.250 e. The number of hydrogen-bond acceptors (Lipinski definition) is 4. The maximum absolute atomic E-state index is 11.8. The van der Waals surface area contributed by atoms with Gasteiger partial charge in [0.25, 0.3) is 5.56 Å². The van der Waals surface area contributed by atoms with Crippen LogP contribution in [0.25, 0.3) is 0 Å². The van der Waals surface area contributed by atoms with Crippen LogP contribution in [0, 0.1) is 0 Å². The summed E-state index contributed by atoms with van der Waals surface area (Å²) >= 11 is 0. The van der Waals surface area contributed by atoms with Crippen LogP contribution in [0.1, 0.15) is 38.7 Å². The topological polar surface area (TPSA) is 49.7 Å². The van der Waals surface area contributed by atoms with Gasteiger partial charge in [-0.15, -0.1) is 0 Å². The van der Waals surface area contributed by atoms with E-state index < -0.39 is 0 Å². The SMILES string of the molecule is CCCOCCOCCOCCn1cc(C(C)C)ccc1=O. The lowest BCUT2D eigenvalue weighted by Gasteiger charge is -2.11. The van der Waals surface area contributed by atoms with Crippen molar-refractivity contribution in [1.29, 1.82) is 0 Å². The molecular formula is C17H29NO4. The van der Waals surface area contributed by atoms with Crippen LogP contribution in [-0.2, 0) is 20.8 Å². The fourth-order valence-electron chi connectivity index (χ4n) is 1.92. The molecule has 0 N–H and O–H groups in total. The summed E-state index contributed by atoms with van der Waals surface area (Å²) in [5.74, 6) is 0.413. The highest BCUT2D eigenvalue weighted by Crippen LogP contribution is 2.11. The van der Waals surface area contributed by atoms with Crippen LogP contribution in [0.4, 0.5) is 0 Å². The van der Waals surface area contributed by atoms with Gasteiger partial charge < -0.3 is 18.8 Å². The molecule has 0 spiro atoms. The lowest BCUT2D eigenvalue weighted by molar-refractivity contribution is 0.0132. The van der Waals surface area contributed by atoms with Gasteiger partial charge in [-0.2, -0.15) is 0 Å². The number of aromatic nitrogens is 1. The molecule has 1 aromatic rings. The van der Waals surface area contributed by atoms with Crippen molar-refractivity contribution in [2.45, 2.75) is 39.7 Å². The molecule has 0 atom stereocenters. The highest BCUT2D eigenvalue weighted by molar-refractivity contribution is 5.13. The molecule has 1 rings (SSSR count). The van der Waals surface area contributed by atoms with E-state index in [-0.39, 0.29) is 5.56 Å². The molecule has 0 amide bonds. The Balaban J connectivity index is 2.12. The lowest BCUT2D eigenvalue weighted by atomic mass is 10.1. The van der Waals surface area contributed by atoms with Crippen molar-refractivity contribution in [3.63, 3.8) is 0 Å². The van der Waals surface area contributed by atoms with Crippen LogP contribution in [0.15, 0.2) is 23.1 Å². The highest BCUT2D eigenvalue weighted by atomic mass is 16.5. The Morgan fingerprint density at radius 2 is 1.55 bits per heavy atom. The molecule has 0 fully saturated rings. The molecule has 0 aliphatic heterocycles.